The van der Waals surface area contributed by atoms with E-state index in [2.05, 4.69) is 24.0 Å². The molecule has 1 aromatic rings. The van der Waals surface area contributed by atoms with Crippen LogP contribution in [0.15, 0.2) is 30.3 Å². The van der Waals surface area contributed by atoms with E-state index < -0.39 is 5.60 Å². The Morgan fingerprint density at radius 2 is 1.77 bits per heavy atom. The summed E-state index contributed by atoms with van der Waals surface area (Å²) in [5.74, 6) is 1.40. The molecule has 4 aliphatic rings. The zero-order valence-electron chi connectivity index (χ0n) is 21.6. The van der Waals surface area contributed by atoms with E-state index in [1.807, 2.05) is 23.1 Å². The third kappa shape index (κ3) is 5.03. The van der Waals surface area contributed by atoms with Gasteiger partial charge in [0.25, 0.3) is 0 Å². The van der Waals surface area contributed by atoms with E-state index in [1.165, 1.54) is 37.7 Å². The number of carbonyl (C=O) groups excluding carboxylic acids is 2. The fourth-order valence-corrected chi connectivity index (χ4v) is 7.81. The van der Waals surface area contributed by atoms with Gasteiger partial charge in [-0.25, -0.2) is 0 Å². The van der Waals surface area contributed by atoms with Crippen molar-refractivity contribution in [3.63, 3.8) is 0 Å². The molecule has 3 atom stereocenters. The van der Waals surface area contributed by atoms with E-state index in [1.54, 1.807) is 0 Å². The van der Waals surface area contributed by atoms with Crippen LogP contribution >= 0.6 is 0 Å². The Labute approximate surface area is 211 Å². The quantitative estimate of drug-likeness (QED) is 0.614. The minimum atomic E-state index is -0.909. The minimum absolute atomic E-state index is 0.0644. The van der Waals surface area contributed by atoms with Gasteiger partial charge in [0.05, 0.1) is 12.1 Å². The number of amides is 2. The maximum atomic E-state index is 13.5. The second-order valence-corrected chi connectivity index (χ2v) is 12.3. The van der Waals surface area contributed by atoms with Crippen LogP contribution < -0.4 is 0 Å². The summed E-state index contributed by atoms with van der Waals surface area (Å²) in [6, 6.07) is 10.3. The molecule has 4 fully saturated rings. The number of hydrogen-bond donors (Lipinski definition) is 1. The molecule has 2 aliphatic heterocycles. The Hall–Kier alpha value is -1.88. The van der Waals surface area contributed by atoms with Gasteiger partial charge in [0, 0.05) is 43.3 Å². The lowest BCUT2D eigenvalue weighted by atomic mass is 9.65. The normalized spacial score (nSPS) is 30.2. The lowest BCUT2D eigenvalue weighted by molar-refractivity contribution is -0.167. The molecule has 2 saturated heterocycles. The topological polar surface area (TPSA) is 60.9 Å². The highest BCUT2D eigenvalue weighted by Gasteiger charge is 2.57. The molecule has 1 N–H and O–H groups in total. The van der Waals surface area contributed by atoms with Gasteiger partial charge in [-0.3, -0.25) is 9.59 Å². The lowest BCUT2D eigenvalue weighted by Crippen LogP contribution is -2.64. The van der Waals surface area contributed by atoms with E-state index in [9.17, 15) is 14.7 Å². The second-order valence-electron chi connectivity index (χ2n) is 12.3. The molecule has 2 unspecified atom stereocenters. The molecular weight excluding hydrogens is 436 g/mol. The first kappa shape index (κ1) is 24.8. The number of rotatable bonds is 6. The number of hydrogen-bond acceptors (Lipinski definition) is 3. The number of piperidine rings is 1. The van der Waals surface area contributed by atoms with Crippen LogP contribution in [-0.2, 0) is 9.59 Å². The van der Waals surface area contributed by atoms with Crippen molar-refractivity contribution in [2.75, 3.05) is 26.2 Å². The predicted octanol–water partition coefficient (Wildman–Crippen LogP) is 5.13. The van der Waals surface area contributed by atoms with E-state index in [0.29, 0.717) is 44.9 Å². The summed E-state index contributed by atoms with van der Waals surface area (Å²) in [4.78, 5) is 30.5. The van der Waals surface area contributed by atoms with E-state index in [4.69, 9.17) is 0 Å². The molecule has 1 aromatic carbocycles. The molecule has 2 heterocycles. The fourth-order valence-electron chi connectivity index (χ4n) is 7.81. The van der Waals surface area contributed by atoms with Crippen molar-refractivity contribution in [1.82, 2.24) is 9.80 Å². The maximum Gasteiger partial charge on any atom is 0.225 e. The molecule has 0 bridgehead atoms. The van der Waals surface area contributed by atoms with Crippen molar-refractivity contribution in [2.24, 2.45) is 17.3 Å². The Kier molecular flexibility index (Phi) is 7.25. The standard InChI is InChI=1S/C30H44N2O3/c1-23(18-24-10-4-2-5-11-24)28(34)31-17-16-30(35,29(21-31)14-8-9-15-29)22-32-20-26(19-27(32)33)25-12-6-3-7-13-25/h3,6-7,12-13,23-24,26,35H,2,4-5,8-11,14-22H2,1H3/t23?,26-,30?/m1/s1. The number of benzene rings is 1. The number of carbonyl (C=O) groups is 2. The van der Waals surface area contributed by atoms with Gasteiger partial charge in [-0.05, 0) is 37.2 Å². The molecule has 5 rings (SSSR count). The van der Waals surface area contributed by atoms with Crippen molar-refractivity contribution >= 4 is 11.8 Å². The molecule has 5 nitrogen and oxygen atoms in total. The Morgan fingerprint density at radius 3 is 2.49 bits per heavy atom. The van der Waals surface area contributed by atoms with E-state index >= 15 is 0 Å². The lowest BCUT2D eigenvalue weighted by Gasteiger charge is -2.53. The molecule has 0 radical (unpaired) electrons. The summed E-state index contributed by atoms with van der Waals surface area (Å²) < 4.78 is 0. The summed E-state index contributed by atoms with van der Waals surface area (Å²) in [5.41, 5.74) is 0.0170. The first-order valence-corrected chi connectivity index (χ1v) is 14.2. The van der Waals surface area contributed by atoms with Crippen molar-refractivity contribution in [3.05, 3.63) is 35.9 Å². The largest absolute Gasteiger partial charge is 0.387 e. The average molecular weight is 481 g/mol. The van der Waals surface area contributed by atoms with Crippen LogP contribution in [0, 0.1) is 17.3 Å². The summed E-state index contributed by atoms with van der Waals surface area (Å²) in [6.45, 7) is 4.47. The third-order valence-electron chi connectivity index (χ3n) is 9.92. The number of β-amino-alcohol motifs (C(OH)–C–C–N with tert-alkyl or cyclic N) is 1. The molecule has 2 amide bonds. The van der Waals surface area contributed by atoms with E-state index in [-0.39, 0.29) is 29.1 Å². The number of likely N-dealkylation sites (tertiary alicyclic amines) is 2. The first-order valence-electron chi connectivity index (χ1n) is 14.2. The zero-order chi connectivity index (χ0) is 24.5. The molecule has 5 heteroatoms. The molecule has 35 heavy (non-hydrogen) atoms. The summed E-state index contributed by atoms with van der Waals surface area (Å²) >= 11 is 0. The van der Waals surface area contributed by atoms with Gasteiger partial charge >= 0.3 is 0 Å². The van der Waals surface area contributed by atoms with Crippen LogP contribution in [0.1, 0.15) is 95.5 Å². The Morgan fingerprint density at radius 1 is 1.06 bits per heavy atom. The second kappa shape index (κ2) is 10.2. The Bertz CT molecular complexity index is 890. The van der Waals surface area contributed by atoms with Crippen LogP contribution in [0.2, 0.25) is 0 Å². The van der Waals surface area contributed by atoms with Crippen molar-refractivity contribution in [2.45, 2.75) is 95.5 Å². The number of nitrogens with zero attached hydrogens (tertiary/aromatic N) is 2. The van der Waals surface area contributed by atoms with Gasteiger partial charge in [0.15, 0.2) is 0 Å². The van der Waals surface area contributed by atoms with E-state index in [0.717, 1.165) is 32.1 Å². The first-order chi connectivity index (χ1) is 16.9. The van der Waals surface area contributed by atoms with Gasteiger partial charge in [-0.15, -0.1) is 0 Å². The highest BCUT2D eigenvalue weighted by atomic mass is 16.3. The molecular formula is C30H44N2O3. The van der Waals surface area contributed by atoms with Crippen LogP contribution in [0.3, 0.4) is 0 Å². The van der Waals surface area contributed by atoms with Gasteiger partial charge in [-0.2, -0.15) is 0 Å². The average Bonchev–Trinajstić information content (AvgIpc) is 3.49. The monoisotopic (exact) mass is 480 g/mol. The van der Waals surface area contributed by atoms with Crippen molar-refractivity contribution in [1.29, 1.82) is 0 Å². The summed E-state index contributed by atoms with van der Waals surface area (Å²) in [6.07, 6.45) is 12.7. The fraction of sp³-hybridized carbons (Fsp3) is 0.733. The van der Waals surface area contributed by atoms with Gasteiger partial charge in [-0.1, -0.05) is 82.2 Å². The molecule has 1 spiro atoms. The molecule has 2 saturated carbocycles. The maximum absolute atomic E-state index is 13.5. The predicted molar refractivity (Wildman–Crippen MR) is 138 cm³/mol. The smallest absolute Gasteiger partial charge is 0.225 e. The SMILES string of the molecule is CC(CC1CCCCC1)C(=O)N1CCC(O)(CN2C[C@H](c3ccccc3)CC2=O)C2(CCCC2)C1. The van der Waals surface area contributed by atoms with Gasteiger partial charge in [0.1, 0.15) is 0 Å². The molecule has 0 aromatic heterocycles. The Balaban J connectivity index is 1.25. The van der Waals surface area contributed by atoms with Crippen molar-refractivity contribution < 1.29 is 14.7 Å². The zero-order valence-corrected chi connectivity index (χ0v) is 21.6. The van der Waals surface area contributed by atoms with Gasteiger partial charge < -0.3 is 14.9 Å². The molecule has 2 aliphatic carbocycles. The summed E-state index contributed by atoms with van der Waals surface area (Å²) in [7, 11) is 0. The minimum Gasteiger partial charge on any atom is -0.387 e. The van der Waals surface area contributed by atoms with Crippen molar-refractivity contribution in [3.8, 4) is 0 Å². The van der Waals surface area contributed by atoms with Gasteiger partial charge in [0.2, 0.25) is 11.8 Å². The van der Waals surface area contributed by atoms with Crippen LogP contribution in [0.25, 0.3) is 0 Å². The van der Waals surface area contributed by atoms with Crippen LogP contribution in [0.5, 0.6) is 0 Å². The number of aliphatic hydroxyl groups is 1. The van der Waals surface area contributed by atoms with Crippen LogP contribution in [-0.4, -0.2) is 58.5 Å². The molecule has 192 valence electrons. The third-order valence-corrected chi connectivity index (χ3v) is 9.92. The highest BCUT2D eigenvalue weighted by Crippen LogP contribution is 2.52. The summed E-state index contributed by atoms with van der Waals surface area (Å²) in [5, 5.41) is 12.1. The van der Waals surface area contributed by atoms with Crippen LogP contribution in [0.4, 0.5) is 0 Å². The highest BCUT2D eigenvalue weighted by molar-refractivity contribution is 5.80.